The van der Waals surface area contributed by atoms with E-state index in [1.165, 1.54) is 17.1 Å². The van der Waals surface area contributed by atoms with E-state index in [0.29, 0.717) is 45.8 Å². The molecule has 0 saturated carbocycles. The van der Waals surface area contributed by atoms with Gasteiger partial charge in [-0.05, 0) is 23.4 Å². The maximum absolute atomic E-state index is 13.6. The standard InChI is InChI=1S/C28H43N3O4S2/c1-2-3-4-5-6-10-22-37(33,34)31(16-15-29-17-19-35-20-18-29)25-28(32)30(24-27-14-11-21-36-27)23-26-12-8-7-9-13-26/h7-9,11-14,21H,2-6,10,15-20,22-25H2,1H3. The zero-order chi connectivity index (χ0) is 26.3. The van der Waals surface area contributed by atoms with Crippen LogP contribution in [-0.2, 0) is 32.6 Å². The van der Waals surface area contributed by atoms with E-state index in [1.54, 1.807) is 16.2 Å². The van der Waals surface area contributed by atoms with Gasteiger partial charge < -0.3 is 9.64 Å². The van der Waals surface area contributed by atoms with Gasteiger partial charge in [0.05, 0.1) is 32.1 Å². The molecule has 9 heteroatoms. The van der Waals surface area contributed by atoms with Crippen LogP contribution in [0.4, 0.5) is 0 Å². The average Bonchev–Trinajstić information content (AvgIpc) is 3.42. The molecule has 0 N–H and O–H groups in total. The molecule has 2 aromatic rings. The summed E-state index contributed by atoms with van der Waals surface area (Å²) in [5.41, 5.74) is 1.03. The minimum absolute atomic E-state index is 0.0964. The maximum atomic E-state index is 13.6. The molecule has 1 amide bonds. The summed E-state index contributed by atoms with van der Waals surface area (Å²) in [7, 11) is -3.55. The first-order chi connectivity index (χ1) is 18.0. The van der Waals surface area contributed by atoms with Crippen LogP contribution < -0.4 is 0 Å². The van der Waals surface area contributed by atoms with Crippen molar-refractivity contribution in [1.82, 2.24) is 14.1 Å². The molecular weight excluding hydrogens is 506 g/mol. The normalized spacial score (nSPS) is 14.8. The highest BCUT2D eigenvalue weighted by Crippen LogP contribution is 2.17. The second-order valence-corrected chi connectivity index (χ2v) is 12.8. The number of unbranched alkanes of at least 4 members (excludes halogenated alkanes) is 5. The molecule has 1 aromatic carbocycles. The predicted octanol–water partition coefficient (Wildman–Crippen LogP) is 4.60. The summed E-state index contributed by atoms with van der Waals surface area (Å²) in [6, 6.07) is 13.9. The fourth-order valence-corrected chi connectivity index (χ4v) is 6.68. The summed E-state index contributed by atoms with van der Waals surface area (Å²) in [5.74, 6) is -0.0650. The summed E-state index contributed by atoms with van der Waals surface area (Å²) in [5, 5.41) is 2.00. The lowest BCUT2D eigenvalue weighted by Crippen LogP contribution is -2.47. The molecule has 7 nitrogen and oxygen atoms in total. The van der Waals surface area contributed by atoms with Crippen molar-refractivity contribution in [2.45, 2.75) is 58.5 Å². The van der Waals surface area contributed by atoms with Crippen molar-refractivity contribution in [1.29, 1.82) is 0 Å². The molecule has 0 aliphatic carbocycles. The third-order valence-electron chi connectivity index (χ3n) is 6.73. The number of benzene rings is 1. The monoisotopic (exact) mass is 549 g/mol. The van der Waals surface area contributed by atoms with E-state index >= 15 is 0 Å². The quantitative estimate of drug-likeness (QED) is 0.270. The number of hydrogen-bond acceptors (Lipinski definition) is 6. The van der Waals surface area contributed by atoms with Gasteiger partial charge in [0.2, 0.25) is 15.9 Å². The molecule has 1 aliphatic rings. The van der Waals surface area contributed by atoms with Crippen molar-refractivity contribution in [3.8, 4) is 0 Å². The van der Waals surface area contributed by atoms with E-state index < -0.39 is 10.0 Å². The Bertz CT molecular complexity index is 994. The van der Waals surface area contributed by atoms with Crippen molar-refractivity contribution < 1.29 is 17.9 Å². The maximum Gasteiger partial charge on any atom is 0.238 e. The number of morpholine rings is 1. The summed E-state index contributed by atoms with van der Waals surface area (Å²) in [6.45, 7) is 6.80. The summed E-state index contributed by atoms with van der Waals surface area (Å²) < 4.78 is 33.7. The fraction of sp³-hybridized carbons (Fsp3) is 0.607. The SMILES string of the molecule is CCCCCCCCS(=O)(=O)N(CCN1CCOCC1)CC(=O)N(Cc1ccccc1)Cc1cccs1. The third-order valence-corrected chi connectivity index (χ3v) is 9.49. The van der Waals surface area contributed by atoms with Crippen molar-refractivity contribution >= 4 is 27.3 Å². The molecular formula is C28H43N3O4S2. The van der Waals surface area contributed by atoms with Gasteiger partial charge in [0, 0.05) is 37.6 Å². The lowest BCUT2D eigenvalue weighted by molar-refractivity contribution is -0.132. The Morgan fingerprint density at radius 3 is 2.41 bits per heavy atom. The number of ether oxygens (including phenoxy) is 1. The number of hydrogen-bond donors (Lipinski definition) is 0. The number of nitrogens with zero attached hydrogens (tertiary/aromatic N) is 3. The van der Waals surface area contributed by atoms with Crippen LogP contribution in [0.15, 0.2) is 47.8 Å². The van der Waals surface area contributed by atoms with Crippen LogP contribution in [0.3, 0.4) is 0 Å². The van der Waals surface area contributed by atoms with E-state index in [-0.39, 0.29) is 18.2 Å². The zero-order valence-electron chi connectivity index (χ0n) is 22.2. The van der Waals surface area contributed by atoms with Crippen molar-refractivity contribution in [3.63, 3.8) is 0 Å². The molecule has 37 heavy (non-hydrogen) atoms. The van der Waals surface area contributed by atoms with Crippen LogP contribution in [0.25, 0.3) is 0 Å². The lowest BCUT2D eigenvalue weighted by Gasteiger charge is -2.31. The van der Waals surface area contributed by atoms with Gasteiger partial charge in [0.15, 0.2) is 0 Å². The summed E-state index contributed by atoms with van der Waals surface area (Å²) in [6.07, 6.45) is 6.10. The number of thiophene rings is 1. The molecule has 0 spiro atoms. The van der Waals surface area contributed by atoms with Gasteiger partial charge in [-0.2, -0.15) is 4.31 Å². The van der Waals surface area contributed by atoms with E-state index in [2.05, 4.69) is 11.8 Å². The molecule has 206 valence electrons. The van der Waals surface area contributed by atoms with Crippen molar-refractivity contribution in [3.05, 3.63) is 58.3 Å². The number of sulfonamides is 1. The average molecular weight is 550 g/mol. The molecule has 0 bridgehead atoms. The summed E-state index contributed by atoms with van der Waals surface area (Å²) >= 11 is 1.61. The number of carbonyl (C=O) groups is 1. The molecule has 1 aromatic heterocycles. The van der Waals surface area contributed by atoms with Gasteiger partial charge in [-0.15, -0.1) is 11.3 Å². The third kappa shape index (κ3) is 10.9. The van der Waals surface area contributed by atoms with Crippen molar-refractivity contribution in [2.75, 3.05) is 51.7 Å². The Morgan fingerprint density at radius 1 is 0.973 bits per heavy atom. The van der Waals surface area contributed by atoms with E-state index in [0.717, 1.165) is 42.8 Å². The lowest BCUT2D eigenvalue weighted by atomic mass is 10.1. The van der Waals surface area contributed by atoms with Crippen LogP contribution in [0, 0.1) is 0 Å². The first-order valence-electron chi connectivity index (χ1n) is 13.6. The fourth-order valence-electron chi connectivity index (χ4n) is 4.47. The highest BCUT2D eigenvalue weighted by molar-refractivity contribution is 7.89. The number of amides is 1. The first-order valence-corrected chi connectivity index (χ1v) is 16.1. The molecule has 2 heterocycles. The topological polar surface area (TPSA) is 70.2 Å². The zero-order valence-corrected chi connectivity index (χ0v) is 23.9. The number of rotatable bonds is 17. The minimum Gasteiger partial charge on any atom is -0.379 e. The van der Waals surface area contributed by atoms with Crippen LogP contribution in [0.5, 0.6) is 0 Å². The minimum atomic E-state index is -3.55. The van der Waals surface area contributed by atoms with Gasteiger partial charge in [-0.1, -0.05) is 75.4 Å². The molecule has 0 atom stereocenters. The second-order valence-electron chi connectivity index (χ2n) is 9.69. The highest BCUT2D eigenvalue weighted by Gasteiger charge is 2.27. The van der Waals surface area contributed by atoms with E-state index in [1.807, 2.05) is 47.8 Å². The van der Waals surface area contributed by atoms with Gasteiger partial charge in [-0.3, -0.25) is 9.69 Å². The molecule has 0 radical (unpaired) electrons. The van der Waals surface area contributed by atoms with E-state index in [4.69, 9.17) is 4.74 Å². The summed E-state index contributed by atoms with van der Waals surface area (Å²) in [4.78, 5) is 18.7. The van der Waals surface area contributed by atoms with Gasteiger partial charge in [0.25, 0.3) is 0 Å². The molecule has 3 rings (SSSR count). The largest absolute Gasteiger partial charge is 0.379 e. The molecule has 0 unspecified atom stereocenters. The Kier molecular flexibility index (Phi) is 13.1. The van der Waals surface area contributed by atoms with Gasteiger partial charge in [-0.25, -0.2) is 8.42 Å². The van der Waals surface area contributed by atoms with Gasteiger partial charge >= 0.3 is 0 Å². The van der Waals surface area contributed by atoms with Crippen LogP contribution in [-0.4, -0.2) is 80.1 Å². The first kappa shape index (κ1) is 29.8. The van der Waals surface area contributed by atoms with Crippen LogP contribution in [0.1, 0.15) is 55.9 Å². The smallest absolute Gasteiger partial charge is 0.238 e. The Labute approximate surface area is 227 Å². The number of carbonyl (C=O) groups excluding carboxylic acids is 1. The Balaban J connectivity index is 1.68. The molecule has 1 aliphatic heterocycles. The van der Waals surface area contributed by atoms with E-state index in [9.17, 15) is 13.2 Å². The Hall–Kier alpha value is -1.78. The van der Waals surface area contributed by atoms with Gasteiger partial charge in [0.1, 0.15) is 0 Å². The van der Waals surface area contributed by atoms with Crippen LogP contribution in [0.2, 0.25) is 0 Å². The highest BCUT2D eigenvalue weighted by atomic mass is 32.2. The van der Waals surface area contributed by atoms with Crippen molar-refractivity contribution in [2.24, 2.45) is 0 Å². The Morgan fingerprint density at radius 2 is 1.70 bits per heavy atom. The molecule has 1 fully saturated rings. The predicted molar refractivity (Wildman–Crippen MR) is 151 cm³/mol. The van der Waals surface area contributed by atoms with Crippen LogP contribution >= 0.6 is 11.3 Å². The second kappa shape index (κ2) is 16.2. The molecule has 1 saturated heterocycles.